The number of carboxylic acid groups (broad SMARTS) is 2. The zero-order chi connectivity index (χ0) is 50.4. The van der Waals surface area contributed by atoms with Crippen LogP contribution >= 0.6 is 0 Å². The van der Waals surface area contributed by atoms with Gasteiger partial charge in [-0.3, -0.25) is 9.59 Å². The van der Waals surface area contributed by atoms with E-state index in [9.17, 15) is 52.8 Å². The van der Waals surface area contributed by atoms with E-state index in [2.05, 4.69) is 42.6 Å². The number of urea groups is 2. The molecular formula is C46H60F2N10O11S. The molecule has 380 valence electrons. The zero-order valence-corrected chi connectivity index (χ0v) is 39.5. The standard InChI is InChI=1S/C46H60F2N10O11S/c1-70(68,69)56-37(42(62)63)46(67)16-23-58(24-17-46)44(65)51-20-4-7-31-11-9-28-25-29(26-52-39(28)54-31)32-12-13-33(47)34(35(32)48)40(59)55-36(41(60)61)45(66)14-21-57(22-15-45)43(64)50-19-3-6-30-10-8-27-5-2-18-49-38(27)53-30/h8-13,29,36-37,56,66-67H,2-7,14-26H2,1H3,(H,49,53)(H,50,64)(H,51,65)(H,52,54)(H,55,59)(H,60,61)(H,62,63). The average molecular weight is 999 g/mol. The summed E-state index contributed by atoms with van der Waals surface area (Å²) < 4.78 is 56.8. The van der Waals surface area contributed by atoms with Crippen molar-refractivity contribution in [1.82, 2.24) is 40.4 Å². The minimum Gasteiger partial charge on any atom is -0.480 e. The number of nitrogens with one attached hydrogen (secondary N) is 6. The molecule has 2 fully saturated rings. The van der Waals surface area contributed by atoms with E-state index in [-0.39, 0.29) is 76.9 Å². The van der Waals surface area contributed by atoms with Crippen LogP contribution in [-0.4, -0.2) is 160 Å². The third-order valence-corrected chi connectivity index (χ3v) is 14.2. The smallest absolute Gasteiger partial charge is 0.329 e. The van der Waals surface area contributed by atoms with E-state index in [0.717, 1.165) is 48.8 Å². The lowest BCUT2D eigenvalue weighted by atomic mass is 9.83. The number of aryl methyl sites for hydroxylation is 3. The molecule has 6 heterocycles. The maximum absolute atomic E-state index is 16.2. The molecule has 5 amide bonds. The SMILES string of the molecule is CS(=O)(=O)NC(C(=O)O)C1(O)CCN(C(=O)NCCCc2ccc3c(n2)NCC(c2ccc(F)c(C(=O)NC(C(=O)O)C4(O)CCN(C(=O)NCCCc5ccc6c(n5)NCCC6)CC4)c2F)C3)CC1. The number of aliphatic hydroxyl groups is 2. The van der Waals surface area contributed by atoms with Gasteiger partial charge in [-0.15, -0.1) is 0 Å². The minimum absolute atomic E-state index is 0.000441. The Labute approximate surface area is 403 Å². The van der Waals surface area contributed by atoms with Crippen molar-refractivity contribution in [2.24, 2.45) is 0 Å². The molecule has 0 saturated carbocycles. The van der Waals surface area contributed by atoms with Crippen LogP contribution in [0, 0.1) is 11.6 Å². The quantitative estimate of drug-likeness (QED) is 0.0861. The number of carbonyl (C=O) groups excluding carboxylic acids is 3. The van der Waals surface area contributed by atoms with Gasteiger partial charge in [-0.1, -0.05) is 18.2 Å². The monoisotopic (exact) mass is 998 g/mol. The maximum atomic E-state index is 16.2. The number of fused-ring (bicyclic) bond motifs is 2. The summed E-state index contributed by atoms with van der Waals surface area (Å²) in [5.74, 6) is -6.03. The fraction of sp³-hybridized carbons (Fsp3) is 0.543. The molecule has 24 heteroatoms. The van der Waals surface area contributed by atoms with E-state index in [4.69, 9.17) is 0 Å². The molecule has 3 unspecified atom stereocenters. The van der Waals surface area contributed by atoms with Crippen LogP contribution in [0.25, 0.3) is 0 Å². The van der Waals surface area contributed by atoms with Gasteiger partial charge in [0.2, 0.25) is 10.0 Å². The molecule has 10 N–H and O–H groups in total. The average Bonchev–Trinajstić information content (AvgIpc) is 3.32. The van der Waals surface area contributed by atoms with Crippen LogP contribution in [0.2, 0.25) is 0 Å². The Balaban J connectivity index is 0.868. The first-order valence-electron chi connectivity index (χ1n) is 23.4. The summed E-state index contributed by atoms with van der Waals surface area (Å²) >= 11 is 0. The largest absolute Gasteiger partial charge is 0.480 e. The highest BCUT2D eigenvalue weighted by Gasteiger charge is 2.47. The van der Waals surface area contributed by atoms with E-state index < -0.39 is 86.3 Å². The number of piperidine rings is 2. The van der Waals surface area contributed by atoms with E-state index >= 15 is 8.78 Å². The Kier molecular flexibility index (Phi) is 16.1. The molecule has 21 nitrogen and oxygen atoms in total. The van der Waals surface area contributed by atoms with Gasteiger partial charge in [0, 0.05) is 69.7 Å². The molecule has 0 bridgehead atoms. The second kappa shape index (κ2) is 21.8. The number of carbonyl (C=O) groups is 5. The molecule has 3 atom stereocenters. The molecule has 0 spiro atoms. The summed E-state index contributed by atoms with van der Waals surface area (Å²) in [6.45, 7) is 1.60. The molecular weight excluding hydrogens is 939 g/mol. The second-order valence-corrected chi connectivity index (χ2v) is 20.3. The summed E-state index contributed by atoms with van der Waals surface area (Å²) in [5.41, 5.74) is -1.39. The van der Waals surface area contributed by atoms with E-state index in [1.165, 1.54) is 21.4 Å². The first-order chi connectivity index (χ1) is 33.2. The van der Waals surface area contributed by atoms with Crippen molar-refractivity contribution >= 4 is 51.6 Å². The van der Waals surface area contributed by atoms with Crippen molar-refractivity contribution in [2.75, 3.05) is 69.2 Å². The van der Waals surface area contributed by atoms with Gasteiger partial charge < -0.3 is 56.8 Å². The maximum Gasteiger partial charge on any atom is 0.329 e. The zero-order valence-electron chi connectivity index (χ0n) is 38.7. The van der Waals surface area contributed by atoms with Crippen LogP contribution in [-0.2, 0) is 45.3 Å². The van der Waals surface area contributed by atoms with Crippen LogP contribution in [0.15, 0.2) is 36.4 Å². The molecule has 0 aliphatic carbocycles. The highest BCUT2D eigenvalue weighted by Crippen LogP contribution is 2.34. The van der Waals surface area contributed by atoms with Crippen molar-refractivity contribution in [3.63, 3.8) is 0 Å². The van der Waals surface area contributed by atoms with Gasteiger partial charge in [-0.25, -0.2) is 41.6 Å². The van der Waals surface area contributed by atoms with Gasteiger partial charge in [0.05, 0.1) is 17.5 Å². The van der Waals surface area contributed by atoms with Crippen LogP contribution in [0.5, 0.6) is 0 Å². The number of likely N-dealkylation sites (tertiary alicyclic amines) is 2. The Hall–Kier alpha value is -6.24. The highest BCUT2D eigenvalue weighted by atomic mass is 32.2. The van der Waals surface area contributed by atoms with E-state index in [1.807, 2.05) is 16.9 Å². The number of nitrogens with zero attached hydrogens (tertiary/aromatic N) is 4. The number of carboxylic acids is 2. The van der Waals surface area contributed by atoms with Crippen molar-refractivity contribution in [3.8, 4) is 0 Å². The van der Waals surface area contributed by atoms with E-state index in [0.29, 0.717) is 43.7 Å². The number of sulfonamides is 1. The second-order valence-electron chi connectivity index (χ2n) is 18.5. The number of anilines is 2. The number of pyridine rings is 2. The molecule has 4 aliphatic heterocycles. The van der Waals surface area contributed by atoms with Crippen LogP contribution in [0.4, 0.5) is 30.0 Å². The number of halogens is 2. The summed E-state index contributed by atoms with van der Waals surface area (Å²) in [7, 11) is -3.93. The summed E-state index contributed by atoms with van der Waals surface area (Å²) in [5, 5.41) is 56.3. The van der Waals surface area contributed by atoms with Crippen LogP contribution in [0.1, 0.15) is 89.3 Å². The number of aliphatic carboxylic acids is 2. The number of hydrogen-bond acceptors (Lipinski definition) is 13. The molecule has 70 heavy (non-hydrogen) atoms. The topological polar surface area (TPSA) is 305 Å². The molecule has 0 radical (unpaired) electrons. The molecule has 1 aromatic carbocycles. The minimum atomic E-state index is -3.93. The summed E-state index contributed by atoms with van der Waals surface area (Å²) in [6.07, 6.45) is 4.58. The third-order valence-electron chi connectivity index (χ3n) is 13.5. The predicted molar refractivity (Wildman–Crippen MR) is 250 cm³/mol. The van der Waals surface area contributed by atoms with Crippen molar-refractivity contribution in [2.45, 2.75) is 99.8 Å². The number of amides is 5. The fourth-order valence-electron chi connectivity index (χ4n) is 9.52. The Morgan fingerprint density at radius 3 is 1.84 bits per heavy atom. The number of hydrogen-bond donors (Lipinski definition) is 10. The molecule has 3 aromatic rings. The summed E-state index contributed by atoms with van der Waals surface area (Å²) in [6, 6.07) is 5.27. The first-order valence-corrected chi connectivity index (χ1v) is 25.3. The first kappa shape index (κ1) is 51.6. The lowest BCUT2D eigenvalue weighted by Crippen LogP contribution is -2.62. The Bertz CT molecular complexity index is 2570. The normalized spacial score (nSPS) is 19.2. The third kappa shape index (κ3) is 12.4. The molecule has 7 rings (SSSR count). The van der Waals surface area contributed by atoms with Gasteiger partial charge in [0.25, 0.3) is 5.91 Å². The highest BCUT2D eigenvalue weighted by molar-refractivity contribution is 7.88. The lowest BCUT2D eigenvalue weighted by Gasteiger charge is -2.41. The number of benzene rings is 1. The van der Waals surface area contributed by atoms with Crippen LogP contribution in [0.3, 0.4) is 0 Å². The van der Waals surface area contributed by atoms with Gasteiger partial charge in [0.15, 0.2) is 6.04 Å². The fourth-order valence-corrected chi connectivity index (χ4v) is 10.3. The molecule has 4 aliphatic rings. The summed E-state index contributed by atoms with van der Waals surface area (Å²) in [4.78, 5) is 75.7. The number of rotatable bonds is 17. The van der Waals surface area contributed by atoms with Gasteiger partial charge in [-0.2, -0.15) is 4.72 Å². The number of aromatic nitrogens is 2. The molecule has 2 aromatic heterocycles. The Morgan fingerprint density at radius 1 is 0.771 bits per heavy atom. The van der Waals surface area contributed by atoms with E-state index in [1.54, 1.807) is 6.07 Å². The van der Waals surface area contributed by atoms with Gasteiger partial charge in [-0.05, 0) is 106 Å². The van der Waals surface area contributed by atoms with Crippen LogP contribution < -0.4 is 31.3 Å². The lowest BCUT2D eigenvalue weighted by molar-refractivity contribution is -0.150. The van der Waals surface area contributed by atoms with Crippen molar-refractivity contribution in [3.05, 3.63) is 81.7 Å². The van der Waals surface area contributed by atoms with Gasteiger partial charge in [0.1, 0.15) is 34.9 Å². The predicted octanol–water partition coefficient (Wildman–Crippen LogP) is 1.69. The van der Waals surface area contributed by atoms with Crippen molar-refractivity contribution < 1.29 is 61.6 Å². The van der Waals surface area contributed by atoms with Gasteiger partial charge >= 0.3 is 24.0 Å². The molecule has 2 saturated heterocycles. The van der Waals surface area contributed by atoms with Crippen molar-refractivity contribution in [1.29, 1.82) is 0 Å². The Morgan fingerprint density at radius 2 is 1.30 bits per heavy atom.